The summed E-state index contributed by atoms with van der Waals surface area (Å²) in [6.07, 6.45) is 0.912. The van der Waals surface area contributed by atoms with Gasteiger partial charge in [-0.05, 0) is 33.5 Å². The molecular formula is C19H19BrN2O3. The van der Waals surface area contributed by atoms with Crippen LogP contribution in [0.5, 0.6) is 11.5 Å². The van der Waals surface area contributed by atoms with Crippen LogP contribution in [0.1, 0.15) is 11.1 Å². The average molecular weight is 403 g/mol. The van der Waals surface area contributed by atoms with Gasteiger partial charge in [0.15, 0.2) is 11.5 Å². The fourth-order valence-electron chi connectivity index (χ4n) is 3.19. The first-order valence-electron chi connectivity index (χ1n) is 8.38. The fourth-order valence-corrected chi connectivity index (χ4v) is 3.65. The zero-order valence-electron chi connectivity index (χ0n) is 13.8. The van der Waals surface area contributed by atoms with Crippen LogP contribution in [0.25, 0.3) is 0 Å². The van der Waals surface area contributed by atoms with Gasteiger partial charge in [-0.25, -0.2) is 0 Å². The van der Waals surface area contributed by atoms with Crippen molar-refractivity contribution in [3.8, 4) is 11.5 Å². The Labute approximate surface area is 155 Å². The Morgan fingerprint density at radius 3 is 2.64 bits per heavy atom. The van der Waals surface area contributed by atoms with Crippen molar-refractivity contribution < 1.29 is 14.3 Å². The quantitative estimate of drug-likeness (QED) is 0.855. The van der Waals surface area contributed by atoms with E-state index in [1.54, 1.807) is 0 Å². The van der Waals surface area contributed by atoms with Gasteiger partial charge in [0.2, 0.25) is 5.91 Å². The van der Waals surface area contributed by atoms with E-state index in [2.05, 4.69) is 39.4 Å². The van der Waals surface area contributed by atoms with Crippen LogP contribution in [-0.2, 0) is 17.8 Å². The number of hydrogen-bond acceptors (Lipinski definition) is 4. The first-order chi connectivity index (χ1) is 12.2. The summed E-state index contributed by atoms with van der Waals surface area (Å²) in [7, 11) is 0. The second kappa shape index (κ2) is 6.96. The molecule has 2 aromatic rings. The molecule has 5 nitrogen and oxygen atoms in total. The number of ether oxygens (including phenoxy) is 2. The molecule has 2 aliphatic rings. The summed E-state index contributed by atoms with van der Waals surface area (Å²) in [5.74, 6) is 1.52. The van der Waals surface area contributed by atoms with Gasteiger partial charge in [-0.1, -0.05) is 24.3 Å². The minimum Gasteiger partial charge on any atom is -0.486 e. The summed E-state index contributed by atoms with van der Waals surface area (Å²) in [5.41, 5.74) is 3.41. The molecule has 0 fully saturated rings. The molecule has 0 spiro atoms. The summed E-state index contributed by atoms with van der Waals surface area (Å²) in [5, 5.41) is 3.21. The number of hydrogen-bond donors (Lipinski definition) is 1. The van der Waals surface area contributed by atoms with Gasteiger partial charge in [-0.3, -0.25) is 4.79 Å². The summed E-state index contributed by atoms with van der Waals surface area (Å²) >= 11 is 3.52. The molecule has 0 saturated carbocycles. The molecular weight excluding hydrogens is 384 g/mol. The Kier molecular flexibility index (Phi) is 4.53. The van der Waals surface area contributed by atoms with Crippen molar-refractivity contribution in [2.45, 2.75) is 13.0 Å². The van der Waals surface area contributed by atoms with E-state index in [9.17, 15) is 4.79 Å². The van der Waals surface area contributed by atoms with E-state index in [0.717, 1.165) is 28.9 Å². The van der Waals surface area contributed by atoms with Crippen LogP contribution in [0.15, 0.2) is 40.9 Å². The van der Waals surface area contributed by atoms with Crippen molar-refractivity contribution in [2.75, 3.05) is 31.6 Å². The smallest absolute Gasteiger partial charge is 0.242 e. The summed E-state index contributed by atoms with van der Waals surface area (Å²) in [6.45, 7) is 2.79. The molecule has 6 heteroatoms. The van der Waals surface area contributed by atoms with E-state index in [-0.39, 0.29) is 12.5 Å². The third-order valence-electron chi connectivity index (χ3n) is 4.55. The highest BCUT2D eigenvalue weighted by molar-refractivity contribution is 9.10. The van der Waals surface area contributed by atoms with Crippen LogP contribution >= 0.6 is 15.9 Å². The maximum absolute atomic E-state index is 12.6. The number of amides is 1. The van der Waals surface area contributed by atoms with Crippen LogP contribution in [0.4, 0.5) is 5.69 Å². The molecule has 0 radical (unpaired) electrons. The second-order valence-electron chi connectivity index (χ2n) is 6.16. The minimum atomic E-state index is 0.0938. The van der Waals surface area contributed by atoms with Crippen LogP contribution in [0, 0.1) is 0 Å². The largest absolute Gasteiger partial charge is 0.486 e. The Hall–Kier alpha value is -2.21. The van der Waals surface area contributed by atoms with Crippen LogP contribution in [0.3, 0.4) is 0 Å². The molecule has 0 aliphatic carbocycles. The molecule has 2 aliphatic heterocycles. The number of benzene rings is 2. The maximum Gasteiger partial charge on any atom is 0.242 e. The first kappa shape index (κ1) is 16.3. The highest BCUT2D eigenvalue weighted by atomic mass is 79.9. The fraction of sp³-hybridized carbons (Fsp3) is 0.316. The van der Waals surface area contributed by atoms with E-state index in [1.165, 1.54) is 11.1 Å². The highest BCUT2D eigenvalue weighted by Gasteiger charge is 2.21. The van der Waals surface area contributed by atoms with Crippen molar-refractivity contribution in [1.82, 2.24) is 4.90 Å². The predicted molar refractivity (Wildman–Crippen MR) is 99.2 cm³/mol. The highest BCUT2D eigenvalue weighted by Crippen LogP contribution is 2.38. The topological polar surface area (TPSA) is 50.8 Å². The summed E-state index contributed by atoms with van der Waals surface area (Å²) in [6, 6.07) is 12.1. The molecule has 1 amide bonds. The number of carbonyl (C=O) groups is 1. The average Bonchev–Trinajstić information content (AvgIpc) is 2.65. The zero-order valence-corrected chi connectivity index (χ0v) is 15.3. The predicted octanol–water partition coefficient (Wildman–Crippen LogP) is 3.22. The standard InChI is InChI=1S/C19H19BrN2O3/c20-15-9-17-18(25-8-7-24-17)10-16(15)21-11-19(23)22-6-5-13-3-1-2-4-14(13)12-22/h1-4,9-10,21H,5-8,11-12H2. The van der Waals surface area contributed by atoms with Crippen molar-refractivity contribution >= 4 is 27.5 Å². The lowest BCUT2D eigenvalue weighted by Crippen LogP contribution is -2.39. The Balaban J connectivity index is 1.41. The number of rotatable bonds is 3. The van der Waals surface area contributed by atoms with Crippen molar-refractivity contribution in [3.63, 3.8) is 0 Å². The van der Waals surface area contributed by atoms with E-state index in [0.29, 0.717) is 25.5 Å². The van der Waals surface area contributed by atoms with Crippen LogP contribution in [0.2, 0.25) is 0 Å². The Morgan fingerprint density at radius 1 is 1.12 bits per heavy atom. The van der Waals surface area contributed by atoms with Crippen LogP contribution < -0.4 is 14.8 Å². The van der Waals surface area contributed by atoms with E-state index in [4.69, 9.17) is 9.47 Å². The summed E-state index contributed by atoms with van der Waals surface area (Å²) in [4.78, 5) is 14.5. The number of halogens is 1. The van der Waals surface area contributed by atoms with Gasteiger partial charge in [0, 0.05) is 29.7 Å². The minimum absolute atomic E-state index is 0.0938. The molecule has 0 bridgehead atoms. The SMILES string of the molecule is O=C(CNc1cc2c(cc1Br)OCCO2)N1CCc2ccccc2C1. The molecule has 2 heterocycles. The van der Waals surface area contributed by atoms with Crippen molar-refractivity contribution in [3.05, 3.63) is 52.0 Å². The number of nitrogens with zero attached hydrogens (tertiary/aromatic N) is 1. The van der Waals surface area contributed by atoms with Gasteiger partial charge < -0.3 is 19.7 Å². The van der Waals surface area contributed by atoms with E-state index >= 15 is 0 Å². The maximum atomic E-state index is 12.6. The van der Waals surface area contributed by atoms with Gasteiger partial charge in [0.25, 0.3) is 0 Å². The number of anilines is 1. The lowest BCUT2D eigenvalue weighted by molar-refractivity contribution is -0.130. The monoisotopic (exact) mass is 402 g/mol. The van der Waals surface area contributed by atoms with E-state index < -0.39 is 0 Å². The third-order valence-corrected chi connectivity index (χ3v) is 5.20. The molecule has 130 valence electrons. The molecule has 2 aromatic carbocycles. The third kappa shape index (κ3) is 3.44. The Bertz CT molecular complexity index is 809. The summed E-state index contributed by atoms with van der Waals surface area (Å²) < 4.78 is 12.0. The lowest BCUT2D eigenvalue weighted by Gasteiger charge is -2.29. The van der Waals surface area contributed by atoms with Gasteiger partial charge in [0.05, 0.1) is 12.2 Å². The lowest BCUT2D eigenvalue weighted by atomic mass is 10.00. The van der Waals surface area contributed by atoms with E-state index in [1.807, 2.05) is 23.1 Å². The molecule has 4 rings (SSSR count). The normalized spacial score (nSPS) is 15.5. The molecule has 1 N–H and O–H groups in total. The molecule has 0 atom stereocenters. The van der Waals surface area contributed by atoms with Gasteiger partial charge in [-0.2, -0.15) is 0 Å². The van der Waals surface area contributed by atoms with Crippen LogP contribution in [-0.4, -0.2) is 37.1 Å². The van der Waals surface area contributed by atoms with Crippen molar-refractivity contribution in [2.24, 2.45) is 0 Å². The number of carbonyl (C=O) groups excluding carboxylic acids is 1. The van der Waals surface area contributed by atoms with Gasteiger partial charge >= 0.3 is 0 Å². The van der Waals surface area contributed by atoms with Crippen molar-refractivity contribution in [1.29, 1.82) is 0 Å². The molecule has 0 aromatic heterocycles. The zero-order chi connectivity index (χ0) is 17.2. The first-order valence-corrected chi connectivity index (χ1v) is 9.17. The number of nitrogens with one attached hydrogen (secondary N) is 1. The molecule has 0 saturated heterocycles. The molecule has 25 heavy (non-hydrogen) atoms. The van der Waals surface area contributed by atoms with Gasteiger partial charge in [0.1, 0.15) is 13.2 Å². The second-order valence-corrected chi connectivity index (χ2v) is 7.02. The van der Waals surface area contributed by atoms with Gasteiger partial charge in [-0.15, -0.1) is 0 Å². The number of fused-ring (bicyclic) bond motifs is 2. The molecule has 0 unspecified atom stereocenters. The Morgan fingerprint density at radius 2 is 1.84 bits per heavy atom.